The summed E-state index contributed by atoms with van der Waals surface area (Å²) in [6.07, 6.45) is 0. The quantitative estimate of drug-likeness (QED) is 0.822. The fraction of sp³-hybridized carbons (Fsp3) is 0.188. The van der Waals surface area contributed by atoms with E-state index in [0.717, 1.165) is 3.79 Å². The van der Waals surface area contributed by atoms with Crippen LogP contribution in [0.4, 0.5) is 5.69 Å². The summed E-state index contributed by atoms with van der Waals surface area (Å²) in [5.41, 5.74) is 1.15. The highest BCUT2D eigenvalue weighted by molar-refractivity contribution is 9.11. The molecule has 0 saturated carbocycles. The molecule has 2 heterocycles. The Hall–Kier alpha value is -1.82. The fourth-order valence-corrected chi connectivity index (χ4v) is 4.78. The molecule has 1 aromatic carbocycles. The van der Waals surface area contributed by atoms with E-state index in [0.29, 0.717) is 27.8 Å². The monoisotopic (exact) mass is 421 g/mol. The third kappa shape index (κ3) is 3.64. The first-order chi connectivity index (χ1) is 11.6. The van der Waals surface area contributed by atoms with Crippen LogP contribution in [0.15, 0.2) is 40.2 Å². The average molecular weight is 422 g/mol. The molecule has 8 heteroatoms. The Kier molecular flexibility index (Phi) is 5.23. The van der Waals surface area contributed by atoms with Crippen molar-refractivity contribution in [1.82, 2.24) is 4.90 Å². The van der Waals surface area contributed by atoms with Crippen LogP contribution < -0.4 is 5.32 Å². The number of thiophene rings is 1. The van der Waals surface area contributed by atoms with Gasteiger partial charge in [0.25, 0.3) is 5.91 Å². The van der Waals surface area contributed by atoms with Crippen LogP contribution >= 0.6 is 39.0 Å². The standard InChI is InChI=1S/C16H12BrN3O2S2/c17-14-6-5-13(24-14)16(22)20-9-23-8-12(20)15(21)19-11-3-1-10(7-18)2-4-11/h1-6,12H,8-9H2,(H,19,21). The third-order valence-corrected chi connectivity index (χ3v) is 6.14. The Bertz CT molecular complexity index is 813. The number of carbonyl (C=O) groups excluding carboxylic acids is 2. The van der Waals surface area contributed by atoms with Crippen LogP contribution in [-0.4, -0.2) is 34.4 Å². The van der Waals surface area contributed by atoms with Crippen molar-refractivity contribution in [3.63, 3.8) is 0 Å². The summed E-state index contributed by atoms with van der Waals surface area (Å²) in [4.78, 5) is 27.3. The molecule has 1 fully saturated rings. The molecule has 1 unspecified atom stereocenters. The van der Waals surface area contributed by atoms with E-state index >= 15 is 0 Å². The first-order valence-electron chi connectivity index (χ1n) is 7.03. The largest absolute Gasteiger partial charge is 0.324 e. The molecule has 3 rings (SSSR count). The number of nitrogens with zero attached hydrogens (tertiary/aromatic N) is 2. The van der Waals surface area contributed by atoms with Crippen molar-refractivity contribution in [2.75, 3.05) is 16.9 Å². The minimum Gasteiger partial charge on any atom is -0.324 e. The van der Waals surface area contributed by atoms with Gasteiger partial charge in [-0.3, -0.25) is 9.59 Å². The van der Waals surface area contributed by atoms with Crippen LogP contribution in [-0.2, 0) is 4.79 Å². The van der Waals surface area contributed by atoms with E-state index in [9.17, 15) is 9.59 Å². The highest BCUT2D eigenvalue weighted by atomic mass is 79.9. The van der Waals surface area contributed by atoms with Gasteiger partial charge in [-0.15, -0.1) is 23.1 Å². The first kappa shape index (κ1) is 17.0. The van der Waals surface area contributed by atoms with Gasteiger partial charge >= 0.3 is 0 Å². The lowest BCUT2D eigenvalue weighted by molar-refractivity contribution is -0.119. The number of nitriles is 1. The summed E-state index contributed by atoms with van der Waals surface area (Å²) in [5.74, 6) is 0.726. The number of carbonyl (C=O) groups is 2. The summed E-state index contributed by atoms with van der Waals surface area (Å²) >= 11 is 6.27. The smallest absolute Gasteiger partial charge is 0.265 e. The number of halogens is 1. The third-order valence-electron chi connectivity index (χ3n) is 3.51. The Morgan fingerprint density at radius 3 is 2.62 bits per heavy atom. The molecule has 24 heavy (non-hydrogen) atoms. The molecule has 1 aliphatic rings. The van der Waals surface area contributed by atoms with Gasteiger partial charge in [0.1, 0.15) is 6.04 Å². The maximum Gasteiger partial charge on any atom is 0.265 e. The Morgan fingerprint density at radius 1 is 1.25 bits per heavy atom. The summed E-state index contributed by atoms with van der Waals surface area (Å²) in [5, 5.41) is 11.6. The molecule has 0 spiro atoms. The second kappa shape index (κ2) is 7.38. The Morgan fingerprint density at radius 2 is 2.00 bits per heavy atom. The van der Waals surface area contributed by atoms with Gasteiger partial charge < -0.3 is 10.2 Å². The van der Waals surface area contributed by atoms with Gasteiger partial charge in [0.15, 0.2) is 0 Å². The molecule has 0 aliphatic carbocycles. The maximum atomic E-state index is 12.6. The van der Waals surface area contributed by atoms with Gasteiger partial charge in [0, 0.05) is 11.4 Å². The molecule has 1 N–H and O–H groups in total. The van der Waals surface area contributed by atoms with E-state index in [1.807, 2.05) is 12.1 Å². The van der Waals surface area contributed by atoms with Gasteiger partial charge in [-0.2, -0.15) is 5.26 Å². The Labute approximate surface area is 155 Å². The molecular formula is C16H12BrN3O2S2. The molecular weight excluding hydrogens is 410 g/mol. The number of amides is 2. The van der Waals surface area contributed by atoms with Crippen molar-refractivity contribution in [3.05, 3.63) is 50.6 Å². The topological polar surface area (TPSA) is 73.2 Å². The predicted molar refractivity (Wildman–Crippen MR) is 99.1 cm³/mol. The zero-order chi connectivity index (χ0) is 17.1. The molecule has 1 atom stereocenters. The fourth-order valence-electron chi connectivity index (χ4n) is 2.28. The zero-order valence-corrected chi connectivity index (χ0v) is 15.6. The molecule has 1 aliphatic heterocycles. The van der Waals surface area contributed by atoms with E-state index in [1.54, 1.807) is 47.0 Å². The van der Waals surface area contributed by atoms with E-state index < -0.39 is 6.04 Å². The average Bonchev–Trinajstić information content (AvgIpc) is 3.24. The molecule has 2 aromatic rings. The molecule has 5 nitrogen and oxygen atoms in total. The first-order valence-corrected chi connectivity index (χ1v) is 9.80. The minimum atomic E-state index is -0.501. The second-order valence-corrected chi connectivity index (χ2v) is 8.54. The van der Waals surface area contributed by atoms with Gasteiger partial charge in [-0.05, 0) is 52.3 Å². The predicted octanol–water partition coefficient (Wildman–Crippen LogP) is 3.54. The number of nitrogens with one attached hydrogen (secondary N) is 1. The molecule has 2 amide bonds. The van der Waals surface area contributed by atoms with Crippen molar-refractivity contribution < 1.29 is 9.59 Å². The molecule has 0 radical (unpaired) electrons. The number of rotatable bonds is 3. The van der Waals surface area contributed by atoms with Crippen molar-refractivity contribution in [2.24, 2.45) is 0 Å². The number of hydrogen-bond acceptors (Lipinski definition) is 5. The lowest BCUT2D eigenvalue weighted by atomic mass is 10.2. The summed E-state index contributed by atoms with van der Waals surface area (Å²) in [6, 6.07) is 11.8. The van der Waals surface area contributed by atoms with E-state index in [1.165, 1.54) is 11.3 Å². The summed E-state index contributed by atoms with van der Waals surface area (Å²) < 4.78 is 0.885. The van der Waals surface area contributed by atoms with Gasteiger partial charge in [-0.25, -0.2) is 0 Å². The number of benzene rings is 1. The highest BCUT2D eigenvalue weighted by Gasteiger charge is 2.35. The van der Waals surface area contributed by atoms with Crippen molar-refractivity contribution in [2.45, 2.75) is 6.04 Å². The lowest BCUT2D eigenvalue weighted by Crippen LogP contribution is -2.44. The zero-order valence-electron chi connectivity index (χ0n) is 12.4. The molecule has 1 aromatic heterocycles. The van der Waals surface area contributed by atoms with Crippen molar-refractivity contribution >= 4 is 56.5 Å². The summed E-state index contributed by atoms with van der Waals surface area (Å²) in [7, 11) is 0. The second-order valence-electron chi connectivity index (χ2n) is 5.07. The lowest BCUT2D eigenvalue weighted by Gasteiger charge is -2.22. The van der Waals surface area contributed by atoms with Crippen LogP contribution in [0.2, 0.25) is 0 Å². The van der Waals surface area contributed by atoms with Gasteiger partial charge in [0.05, 0.1) is 26.2 Å². The molecule has 122 valence electrons. The van der Waals surface area contributed by atoms with Crippen LogP contribution in [0.25, 0.3) is 0 Å². The number of hydrogen-bond donors (Lipinski definition) is 1. The molecule has 1 saturated heterocycles. The highest BCUT2D eigenvalue weighted by Crippen LogP contribution is 2.28. The van der Waals surface area contributed by atoms with Crippen molar-refractivity contribution in [1.29, 1.82) is 5.26 Å². The number of thioether (sulfide) groups is 1. The van der Waals surface area contributed by atoms with E-state index in [4.69, 9.17) is 5.26 Å². The minimum absolute atomic E-state index is 0.129. The normalized spacial score (nSPS) is 16.7. The SMILES string of the molecule is N#Cc1ccc(NC(=O)C2CSCN2C(=O)c2ccc(Br)s2)cc1. The van der Waals surface area contributed by atoms with Gasteiger partial charge in [-0.1, -0.05) is 0 Å². The van der Waals surface area contributed by atoms with Crippen LogP contribution in [0, 0.1) is 11.3 Å². The van der Waals surface area contributed by atoms with E-state index in [-0.39, 0.29) is 11.8 Å². The van der Waals surface area contributed by atoms with Gasteiger partial charge in [0.2, 0.25) is 5.91 Å². The number of anilines is 1. The molecule has 0 bridgehead atoms. The van der Waals surface area contributed by atoms with Crippen molar-refractivity contribution in [3.8, 4) is 6.07 Å². The maximum absolute atomic E-state index is 12.6. The van der Waals surface area contributed by atoms with Crippen LogP contribution in [0.5, 0.6) is 0 Å². The van der Waals surface area contributed by atoms with Crippen LogP contribution in [0.1, 0.15) is 15.2 Å². The Balaban J connectivity index is 1.71. The van der Waals surface area contributed by atoms with Crippen LogP contribution in [0.3, 0.4) is 0 Å². The summed E-state index contributed by atoms with van der Waals surface area (Å²) in [6.45, 7) is 0. The van der Waals surface area contributed by atoms with E-state index in [2.05, 4.69) is 21.2 Å².